The van der Waals surface area contributed by atoms with E-state index in [-0.39, 0.29) is 17.7 Å². The first-order valence-corrected chi connectivity index (χ1v) is 6.21. The van der Waals surface area contributed by atoms with Crippen molar-refractivity contribution in [3.63, 3.8) is 0 Å². The van der Waals surface area contributed by atoms with Crippen LogP contribution >= 0.6 is 0 Å². The van der Waals surface area contributed by atoms with Crippen LogP contribution in [0.1, 0.15) is 40.0 Å². The highest BCUT2D eigenvalue weighted by Crippen LogP contribution is 2.47. The second kappa shape index (κ2) is 5.38. The number of nitrogens with zero attached hydrogens (tertiary/aromatic N) is 1. The van der Waals surface area contributed by atoms with Crippen LogP contribution in [-0.2, 0) is 4.79 Å². The molecule has 0 aromatic carbocycles. The lowest BCUT2D eigenvalue weighted by Crippen LogP contribution is -2.43. The van der Waals surface area contributed by atoms with E-state index in [9.17, 15) is 4.79 Å². The summed E-state index contributed by atoms with van der Waals surface area (Å²) in [4.78, 5) is 12.0. The third-order valence-electron chi connectivity index (χ3n) is 3.73. The normalized spacial score (nSPS) is 20.1. The highest BCUT2D eigenvalue weighted by atomic mass is 16.4. The zero-order valence-corrected chi connectivity index (χ0v) is 10.9. The average Bonchev–Trinajstić information content (AvgIpc) is 3.06. The van der Waals surface area contributed by atoms with Crippen molar-refractivity contribution in [2.24, 2.45) is 28.1 Å². The molecular formula is C12H23N3O2. The SMILES string of the molecule is CCC1(CNC(=O)C(C(N)=NO)C(C)C)CC1. The summed E-state index contributed by atoms with van der Waals surface area (Å²) in [5, 5.41) is 14.5. The lowest BCUT2D eigenvalue weighted by molar-refractivity contribution is -0.124. The van der Waals surface area contributed by atoms with Gasteiger partial charge in [-0.05, 0) is 30.6 Å². The topological polar surface area (TPSA) is 87.7 Å². The summed E-state index contributed by atoms with van der Waals surface area (Å²) in [6.45, 7) is 6.61. The van der Waals surface area contributed by atoms with E-state index in [1.54, 1.807) is 0 Å². The molecule has 0 spiro atoms. The third-order valence-corrected chi connectivity index (χ3v) is 3.73. The maximum Gasteiger partial charge on any atom is 0.231 e. The van der Waals surface area contributed by atoms with Gasteiger partial charge in [-0.3, -0.25) is 4.79 Å². The number of nitrogens with one attached hydrogen (secondary N) is 1. The Morgan fingerprint density at radius 3 is 2.47 bits per heavy atom. The van der Waals surface area contributed by atoms with Crippen LogP contribution < -0.4 is 11.1 Å². The molecule has 5 heteroatoms. The summed E-state index contributed by atoms with van der Waals surface area (Å²) < 4.78 is 0. The molecule has 0 aliphatic heterocycles. The smallest absolute Gasteiger partial charge is 0.231 e. The highest BCUT2D eigenvalue weighted by Gasteiger charge is 2.41. The first-order valence-electron chi connectivity index (χ1n) is 6.21. The van der Waals surface area contributed by atoms with Crippen LogP contribution in [0.2, 0.25) is 0 Å². The molecule has 17 heavy (non-hydrogen) atoms. The Hall–Kier alpha value is -1.26. The van der Waals surface area contributed by atoms with Crippen molar-refractivity contribution in [3.05, 3.63) is 0 Å². The van der Waals surface area contributed by atoms with Crippen molar-refractivity contribution in [2.45, 2.75) is 40.0 Å². The van der Waals surface area contributed by atoms with E-state index in [0.29, 0.717) is 12.0 Å². The molecule has 1 rings (SSSR count). The molecule has 1 aliphatic carbocycles. The summed E-state index contributed by atoms with van der Waals surface area (Å²) >= 11 is 0. The second-order valence-electron chi connectivity index (χ2n) is 5.32. The van der Waals surface area contributed by atoms with Gasteiger partial charge in [0, 0.05) is 6.54 Å². The maximum atomic E-state index is 12.0. The number of amides is 1. The number of hydrogen-bond donors (Lipinski definition) is 3. The Bertz CT molecular complexity index is 309. The largest absolute Gasteiger partial charge is 0.409 e. The van der Waals surface area contributed by atoms with Crippen molar-refractivity contribution in [1.82, 2.24) is 5.32 Å². The number of rotatable bonds is 6. The van der Waals surface area contributed by atoms with Crippen molar-refractivity contribution in [3.8, 4) is 0 Å². The molecule has 0 bridgehead atoms. The molecule has 0 saturated heterocycles. The minimum Gasteiger partial charge on any atom is -0.409 e. The first-order chi connectivity index (χ1) is 7.95. The quantitative estimate of drug-likeness (QED) is 0.283. The Balaban J connectivity index is 2.54. The Morgan fingerprint density at radius 1 is 1.53 bits per heavy atom. The van der Waals surface area contributed by atoms with Crippen LogP contribution in [0.5, 0.6) is 0 Å². The average molecular weight is 241 g/mol. The summed E-state index contributed by atoms with van der Waals surface area (Å²) in [7, 11) is 0. The van der Waals surface area contributed by atoms with E-state index in [0.717, 1.165) is 6.42 Å². The molecular weight excluding hydrogens is 218 g/mol. The van der Waals surface area contributed by atoms with Crippen LogP contribution in [0.3, 0.4) is 0 Å². The second-order valence-corrected chi connectivity index (χ2v) is 5.32. The van der Waals surface area contributed by atoms with Gasteiger partial charge in [-0.2, -0.15) is 0 Å². The molecule has 1 saturated carbocycles. The fourth-order valence-electron chi connectivity index (χ4n) is 2.06. The summed E-state index contributed by atoms with van der Waals surface area (Å²) in [5.74, 6) is -0.691. The predicted octanol–water partition coefficient (Wildman–Crippen LogP) is 1.31. The Labute approximate surface area is 102 Å². The lowest BCUT2D eigenvalue weighted by Gasteiger charge is -2.21. The lowest BCUT2D eigenvalue weighted by atomic mass is 9.93. The number of carbonyl (C=O) groups excluding carboxylic acids is 1. The molecule has 4 N–H and O–H groups in total. The molecule has 1 fully saturated rings. The zero-order valence-electron chi connectivity index (χ0n) is 10.9. The fraction of sp³-hybridized carbons (Fsp3) is 0.833. The summed E-state index contributed by atoms with van der Waals surface area (Å²) in [6, 6.07) is 0. The number of nitrogens with two attached hydrogens (primary N) is 1. The molecule has 0 aromatic rings. The van der Waals surface area contributed by atoms with E-state index >= 15 is 0 Å². The van der Waals surface area contributed by atoms with Gasteiger partial charge in [-0.1, -0.05) is 25.9 Å². The number of amidine groups is 1. The van der Waals surface area contributed by atoms with Gasteiger partial charge in [0.1, 0.15) is 5.92 Å². The monoisotopic (exact) mass is 241 g/mol. The van der Waals surface area contributed by atoms with E-state index in [1.807, 2.05) is 13.8 Å². The molecule has 1 atom stereocenters. The van der Waals surface area contributed by atoms with Crippen LogP contribution in [0.15, 0.2) is 5.16 Å². The summed E-state index contributed by atoms with van der Waals surface area (Å²) in [5.41, 5.74) is 5.85. The van der Waals surface area contributed by atoms with Crippen molar-refractivity contribution < 1.29 is 10.0 Å². The molecule has 1 unspecified atom stereocenters. The first kappa shape index (κ1) is 13.8. The van der Waals surface area contributed by atoms with Gasteiger partial charge in [0.05, 0.1) is 0 Å². The highest BCUT2D eigenvalue weighted by molar-refractivity contribution is 6.02. The van der Waals surface area contributed by atoms with Gasteiger partial charge < -0.3 is 16.3 Å². The minimum atomic E-state index is -0.548. The van der Waals surface area contributed by atoms with Gasteiger partial charge >= 0.3 is 0 Å². The van der Waals surface area contributed by atoms with Gasteiger partial charge in [0.2, 0.25) is 5.91 Å². The van der Waals surface area contributed by atoms with Gasteiger partial charge in [-0.15, -0.1) is 0 Å². The zero-order chi connectivity index (χ0) is 13.1. The maximum absolute atomic E-state index is 12.0. The standard InChI is InChI=1S/C12H23N3O2/c1-4-12(5-6-12)7-14-11(16)9(8(2)3)10(13)15-17/h8-9,17H,4-7H2,1-3H3,(H2,13,15)(H,14,16). The van der Waals surface area contributed by atoms with E-state index in [4.69, 9.17) is 10.9 Å². The molecule has 1 aliphatic rings. The van der Waals surface area contributed by atoms with Gasteiger partial charge in [0.25, 0.3) is 0 Å². The third kappa shape index (κ3) is 3.35. The van der Waals surface area contributed by atoms with Crippen molar-refractivity contribution in [1.29, 1.82) is 0 Å². The number of carbonyl (C=O) groups is 1. The van der Waals surface area contributed by atoms with Crippen molar-refractivity contribution >= 4 is 11.7 Å². The minimum absolute atomic E-state index is 0.0150. The Morgan fingerprint density at radius 2 is 2.12 bits per heavy atom. The Kier molecular flexibility index (Phi) is 4.37. The van der Waals surface area contributed by atoms with Crippen molar-refractivity contribution in [2.75, 3.05) is 6.54 Å². The molecule has 1 amide bonds. The van der Waals surface area contributed by atoms with Crippen LogP contribution in [0, 0.1) is 17.3 Å². The van der Waals surface area contributed by atoms with Crippen LogP contribution in [0.25, 0.3) is 0 Å². The molecule has 98 valence electrons. The van der Waals surface area contributed by atoms with E-state index < -0.39 is 5.92 Å². The van der Waals surface area contributed by atoms with E-state index in [1.165, 1.54) is 12.8 Å². The number of hydrogen-bond acceptors (Lipinski definition) is 3. The predicted molar refractivity (Wildman–Crippen MR) is 66.7 cm³/mol. The van der Waals surface area contributed by atoms with Crippen LogP contribution in [0.4, 0.5) is 0 Å². The van der Waals surface area contributed by atoms with Gasteiger partial charge in [-0.25, -0.2) is 0 Å². The summed E-state index contributed by atoms with van der Waals surface area (Å²) in [6.07, 6.45) is 3.45. The fourth-order valence-corrected chi connectivity index (χ4v) is 2.06. The van der Waals surface area contributed by atoms with E-state index in [2.05, 4.69) is 17.4 Å². The molecule has 0 aromatic heterocycles. The molecule has 5 nitrogen and oxygen atoms in total. The molecule has 0 radical (unpaired) electrons. The molecule has 0 heterocycles. The van der Waals surface area contributed by atoms with Gasteiger partial charge in [0.15, 0.2) is 5.84 Å². The van der Waals surface area contributed by atoms with Crippen LogP contribution in [-0.4, -0.2) is 23.5 Å². The number of oxime groups is 1.